The van der Waals surface area contributed by atoms with E-state index < -0.39 is 0 Å². The van der Waals surface area contributed by atoms with Crippen molar-refractivity contribution in [2.45, 2.75) is 0 Å². The molecule has 0 aliphatic heterocycles. The molecule has 2 aromatic rings. The molecule has 0 amide bonds. The van der Waals surface area contributed by atoms with Crippen molar-refractivity contribution >= 4 is 6.08 Å². The first-order valence-corrected chi connectivity index (χ1v) is 5.48. The first-order chi connectivity index (χ1) is 8.25. The van der Waals surface area contributed by atoms with Crippen LogP contribution in [0.15, 0.2) is 48.9 Å². The van der Waals surface area contributed by atoms with Gasteiger partial charge in [-0.05, 0) is 36.0 Å². The molecule has 2 heterocycles. The second-order valence-corrected chi connectivity index (χ2v) is 3.97. The summed E-state index contributed by atoms with van der Waals surface area (Å²) in [6, 6.07) is 9.84. The average Bonchev–Trinajstić information content (AvgIpc) is 2.38. The number of aromatic nitrogens is 2. The van der Waals surface area contributed by atoms with Crippen LogP contribution < -0.4 is 0 Å². The molecule has 3 nitrogen and oxygen atoms in total. The number of rotatable bonds is 3. The monoisotopic (exact) mass is 225 g/mol. The molecule has 2 rings (SSSR count). The molecular weight excluding hydrogens is 210 g/mol. The fraction of sp³-hybridized carbons (Fsp3) is 0.143. The van der Waals surface area contributed by atoms with Crippen LogP contribution in [-0.4, -0.2) is 29.0 Å². The Bertz CT molecular complexity index is 487. The molecule has 2 aromatic heterocycles. The van der Waals surface area contributed by atoms with E-state index in [1.165, 1.54) is 0 Å². The standard InChI is InChI=1S/C14H15N3/c1-17(2)10-8-12-6-7-14(16-11-12)13-5-3-4-9-15-13/h3-11H,1-2H3/b10-8+. The maximum Gasteiger partial charge on any atom is 0.0886 e. The van der Waals surface area contributed by atoms with E-state index in [-0.39, 0.29) is 0 Å². The number of hydrogen-bond acceptors (Lipinski definition) is 3. The normalized spacial score (nSPS) is 10.7. The maximum absolute atomic E-state index is 4.39. The summed E-state index contributed by atoms with van der Waals surface area (Å²) >= 11 is 0. The maximum atomic E-state index is 4.39. The zero-order valence-corrected chi connectivity index (χ0v) is 10.0. The summed E-state index contributed by atoms with van der Waals surface area (Å²) in [5.74, 6) is 0. The van der Waals surface area contributed by atoms with E-state index >= 15 is 0 Å². The number of hydrogen-bond donors (Lipinski definition) is 0. The second kappa shape index (κ2) is 5.25. The van der Waals surface area contributed by atoms with E-state index in [9.17, 15) is 0 Å². The summed E-state index contributed by atoms with van der Waals surface area (Å²) in [7, 11) is 3.98. The molecule has 0 radical (unpaired) electrons. The molecule has 0 bridgehead atoms. The molecule has 0 unspecified atom stereocenters. The fourth-order valence-corrected chi connectivity index (χ4v) is 1.40. The van der Waals surface area contributed by atoms with Crippen molar-refractivity contribution in [1.82, 2.24) is 14.9 Å². The molecule has 17 heavy (non-hydrogen) atoms. The van der Waals surface area contributed by atoms with Crippen LogP contribution in [0.1, 0.15) is 5.56 Å². The summed E-state index contributed by atoms with van der Waals surface area (Å²) in [4.78, 5) is 10.7. The van der Waals surface area contributed by atoms with E-state index in [0.29, 0.717) is 0 Å². The highest BCUT2D eigenvalue weighted by atomic mass is 15.0. The first kappa shape index (κ1) is 11.3. The molecule has 86 valence electrons. The molecule has 0 aliphatic carbocycles. The fourth-order valence-electron chi connectivity index (χ4n) is 1.40. The van der Waals surface area contributed by atoms with E-state index in [2.05, 4.69) is 9.97 Å². The van der Waals surface area contributed by atoms with Crippen molar-refractivity contribution < 1.29 is 0 Å². The summed E-state index contributed by atoms with van der Waals surface area (Å²) in [5, 5.41) is 0. The van der Waals surface area contributed by atoms with Crippen molar-refractivity contribution in [3.63, 3.8) is 0 Å². The first-order valence-electron chi connectivity index (χ1n) is 5.48. The van der Waals surface area contributed by atoms with Gasteiger partial charge < -0.3 is 4.90 Å². The van der Waals surface area contributed by atoms with E-state index in [1.54, 1.807) is 6.20 Å². The lowest BCUT2D eigenvalue weighted by Crippen LogP contribution is -1.99. The lowest BCUT2D eigenvalue weighted by atomic mass is 10.2. The van der Waals surface area contributed by atoms with Gasteiger partial charge in [0.15, 0.2) is 0 Å². The van der Waals surface area contributed by atoms with Crippen LogP contribution in [0.2, 0.25) is 0 Å². The summed E-state index contributed by atoms with van der Waals surface area (Å²) < 4.78 is 0. The van der Waals surface area contributed by atoms with Gasteiger partial charge in [0.05, 0.1) is 11.4 Å². The van der Waals surface area contributed by atoms with Crippen LogP contribution in [0.4, 0.5) is 0 Å². The summed E-state index contributed by atoms with van der Waals surface area (Å²) in [6.45, 7) is 0. The average molecular weight is 225 g/mol. The van der Waals surface area contributed by atoms with Gasteiger partial charge in [-0.25, -0.2) is 0 Å². The third-order valence-corrected chi connectivity index (χ3v) is 2.28. The van der Waals surface area contributed by atoms with Crippen molar-refractivity contribution in [3.8, 4) is 11.4 Å². The summed E-state index contributed by atoms with van der Waals surface area (Å²) in [5.41, 5.74) is 2.88. The van der Waals surface area contributed by atoms with Gasteiger partial charge in [-0.3, -0.25) is 9.97 Å². The third kappa shape index (κ3) is 3.14. The minimum Gasteiger partial charge on any atom is -0.383 e. The van der Waals surface area contributed by atoms with E-state index in [1.807, 2.05) is 67.8 Å². The highest BCUT2D eigenvalue weighted by Gasteiger charge is 1.98. The van der Waals surface area contributed by atoms with Gasteiger partial charge in [0, 0.05) is 26.5 Å². The molecule has 0 N–H and O–H groups in total. The topological polar surface area (TPSA) is 29.0 Å². The number of nitrogens with zero attached hydrogens (tertiary/aromatic N) is 3. The molecular formula is C14H15N3. The lowest BCUT2D eigenvalue weighted by Gasteiger charge is -2.03. The minimum atomic E-state index is 0.896. The SMILES string of the molecule is CN(C)/C=C/c1ccc(-c2ccccn2)nc1. The van der Waals surface area contributed by atoms with Gasteiger partial charge in [0.25, 0.3) is 0 Å². The quantitative estimate of drug-likeness (QED) is 0.804. The van der Waals surface area contributed by atoms with Gasteiger partial charge in [-0.2, -0.15) is 0 Å². The van der Waals surface area contributed by atoms with Crippen LogP contribution in [0, 0.1) is 0 Å². The van der Waals surface area contributed by atoms with Crippen LogP contribution >= 0.6 is 0 Å². The van der Waals surface area contributed by atoms with Gasteiger partial charge in [-0.15, -0.1) is 0 Å². The van der Waals surface area contributed by atoms with Crippen LogP contribution in [0.25, 0.3) is 17.5 Å². The second-order valence-electron chi connectivity index (χ2n) is 3.97. The van der Waals surface area contributed by atoms with Crippen molar-refractivity contribution in [2.24, 2.45) is 0 Å². The molecule has 0 aromatic carbocycles. The van der Waals surface area contributed by atoms with Gasteiger partial charge >= 0.3 is 0 Å². The Morgan fingerprint density at radius 1 is 1.00 bits per heavy atom. The van der Waals surface area contributed by atoms with E-state index in [4.69, 9.17) is 0 Å². The van der Waals surface area contributed by atoms with Crippen molar-refractivity contribution in [3.05, 3.63) is 54.5 Å². The Hall–Kier alpha value is -2.16. The van der Waals surface area contributed by atoms with Gasteiger partial charge in [0.1, 0.15) is 0 Å². The smallest absolute Gasteiger partial charge is 0.0886 e. The van der Waals surface area contributed by atoms with Crippen LogP contribution in [0.3, 0.4) is 0 Å². The van der Waals surface area contributed by atoms with Crippen molar-refractivity contribution in [2.75, 3.05) is 14.1 Å². The van der Waals surface area contributed by atoms with E-state index in [0.717, 1.165) is 17.0 Å². The summed E-state index contributed by atoms with van der Waals surface area (Å²) in [6.07, 6.45) is 7.65. The molecule has 3 heteroatoms. The zero-order valence-electron chi connectivity index (χ0n) is 10.0. The molecule has 0 atom stereocenters. The van der Waals surface area contributed by atoms with Gasteiger partial charge in [-0.1, -0.05) is 12.1 Å². The van der Waals surface area contributed by atoms with Crippen LogP contribution in [0.5, 0.6) is 0 Å². The molecule has 0 saturated carbocycles. The predicted octanol–water partition coefficient (Wildman–Crippen LogP) is 2.68. The highest BCUT2D eigenvalue weighted by molar-refractivity contribution is 5.56. The Morgan fingerprint density at radius 2 is 1.82 bits per heavy atom. The lowest BCUT2D eigenvalue weighted by molar-refractivity contribution is 0.567. The Labute approximate surface area is 101 Å². The Balaban J connectivity index is 2.19. The Kier molecular flexibility index (Phi) is 3.50. The van der Waals surface area contributed by atoms with Crippen LogP contribution in [-0.2, 0) is 0 Å². The molecule has 0 aliphatic rings. The predicted molar refractivity (Wildman–Crippen MR) is 70.2 cm³/mol. The zero-order chi connectivity index (χ0) is 12.1. The highest BCUT2D eigenvalue weighted by Crippen LogP contribution is 2.13. The number of pyridine rings is 2. The minimum absolute atomic E-state index is 0.896. The molecule has 0 fully saturated rings. The molecule has 0 spiro atoms. The van der Waals surface area contributed by atoms with Crippen molar-refractivity contribution in [1.29, 1.82) is 0 Å². The van der Waals surface area contributed by atoms with Gasteiger partial charge in [0.2, 0.25) is 0 Å². The molecule has 0 saturated heterocycles. The Morgan fingerprint density at radius 3 is 2.41 bits per heavy atom. The third-order valence-electron chi connectivity index (χ3n) is 2.28. The largest absolute Gasteiger partial charge is 0.383 e.